The highest BCUT2D eigenvalue weighted by atomic mass is 79.9. The summed E-state index contributed by atoms with van der Waals surface area (Å²) in [6.45, 7) is -0.337. The van der Waals surface area contributed by atoms with Crippen molar-refractivity contribution in [2.45, 2.75) is 4.90 Å². The van der Waals surface area contributed by atoms with Crippen molar-refractivity contribution in [3.05, 3.63) is 64.6 Å². The van der Waals surface area contributed by atoms with E-state index in [1.54, 1.807) is 30.0 Å². The molecule has 0 unspecified atom stereocenters. The zero-order chi connectivity index (χ0) is 17.4. The molecule has 0 aliphatic rings. The van der Waals surface area contributed by atoms with Crippen molar-refractivity contribution in [2.75, 3.05) is 18.2 Å². The van der Waals surface area contributed by atoms with Crippen molar-refractivity contribution in [1.29, 1.82) is 0 Å². The number of anilines is 1. The van der Waals surface area contributed by atoms with Gasteiger partial charge < -0.3 is 10.1 Å². The van der Waals surface area contributed by atoms with Crippen LogP contribution in [0, 0.1) is 0 Å². The lowest BCUT2D eigenvalue weighted by Crippen LogP contribution is -2.20. The zero-order valence-electron chi connectivity index (χ0n) is 13.0. The van der Waals surface area contributed by atoms with Gasteiger partial charge in [0.15, 0.2) is 6.61 Å². The first-order chi connectivity index (χ1) is 11.6. The predicted octanol–water partition coefficient (Wildman–Crippen LogP) is 4.37. The molecule has 0 radical (unpaired) electrons. The van der Waals surface area contributed by atoms with Crippen molar-refractivity contribution >= 4 is 51.3 Å². The largest absolute Gasteiger partial charge is 0.452 e. The summed E-state index contributed by atoms with van der Waals surface area (Å²) in [4.78, 5) is 24.6. The Bertz CT molecular complexity index is 744. The molecule has 1 amide bonds. The molecule has 0 fully saturated rings. The van der Waals surface area contributed by atoms with Crippen LogP contribution in [0.3, 0.4) is 0 Å². The van der Waals surface area contributed by atoms with Crippen molar-refractivity contribution < 1.29 is 14.3 Å². The maximum atomic E-state index is 11.8. The number of ether oxygens (including phenoxy) is 1. The second kappa shape index (κ2) is 9.30. The molecular weight excluding hydrogens is 390 g/mol. The number of benzene rings is 2. The number of esters is 1. The molecule has 2 rings (SSSR count). The molecule has 0 heterocycles. The van der Waals surface area contributed by atoms with Gasteiger partial charge in [0, 0.05) is 15.4 Å². The number of hydrogen-bond donors (Lipinski definition) is 1. The van der Waals surface area contributed by atoms with Crippen LogP contribution < -0.4 is 5.32 Å². The lowest BCUT2D eigenvalue weighted by atomic mass is 10.2. The standard InChI is InChI=1S/C18H16BrNO3S/c1-24-14-9-6-13(7-10-14)8-11-18(22)23-12-17(21)20-16-5-3-2-4-15(16)19/h2-11H,12H2,1H3,(H,20,21)/b11-8+. The summed E-state index contributed by atoms with van der Waals surface area (Å²) >= 11 is 4.98. The fourth-order valence-electron chi connectivity index (χ4n) is 1.81. The number of carbonyl (C=O) groups is 2. The van der Waals surface area contributed by atoms with E-state index in [4.69, 9.17) is 4.74 Å². The van der Waals surface area contributed by atoms with Gasteiger partial charge in [-0.2, -0.15) is 0 Å². The van der Waals surface area contributed by atoms with Crippen LogP contribution in [0.25, 0.3) is 6.08 Å². The molecule has 24 heavy (non-hydrogen) atoms. The van der Waals surface area contributed by atoms with E-state index in [0.717, 1.165) is 14.9 Å². The number of amides is 1. The van der Waals surface area contributed by atoms with Gasteiger partial charge in [0.2, 0.25) is 0 Å². The van der Waals surface area contributed by atoms with Gasteiger partial charge in [-0.05, 0) is 58.1 Å². The third kappa shape index (κ3) is 5.86. The van der Waals surface area contributed by atoms with Crippen molar-refractivity contribution in [1.82, 2.24) is 0 Å². The summed E-state index contributed by atoms with van der Waals surface area (Å²) in [6, 6.07) is 15.0. The van der Waals surface area contributed by atoms with Gasteiger partial charge in [-0.1, -0.05) is 24.3 Å². The fourth-order valence-corrected chi connectivity index (χ4v) is 2.61. The summed E-state index contributed by atoms with van der Waals surface area (Å²) in [5.41, 5.74) is 1.52. The molecule has 0 aliphatic heterocycles. The molecule has 124 valence electrons. The lowest BCUT2D eigenvalue weighted by molar-refractivity contribution is -0.142. The fraction of sp³-hybridized carbons (Fsp3) is 0.111. The van der Waals surface area contributed by atoms with Crippen molar-refractivity contribution in [3.63, 3.8) is 0 Å². The van der Waals surface area contributed by atoms with Gasteiger partial charge in [-0.3, -0.25) is 4.79 Å². The van der Waals surface area contributed by atoms with Crippen LogP contribution in [-0.2, 0) is 14.3 Å². The molecule has 0 atom stereocenters. The van der Waals surface area contributed by atoms with Crippen LogP contribution in [0.2, 0.25) is 0 Å². The molecule has 4 nitrogen and oxygen atoms in total. The lowest BCUT2D eigenvalue weighted by Gasteiger charge is -2.06. The van der Waals surface area contributed by atoms with E-state index < -0.39 is 11.9 Å². The van der Waals surface area contributed by atoms with Crippen LogP contribution >= 0.6 is 27.7 Å². The third-order valence-corrected chi connectivity index (χ3v) is 4.46. The van der Waals surface area contributed by atoms with E-state index in [1.165, 1.54) is 6.08 Å². The zero-order valence-corrected chi connectivity index (χ0v) is 15.4. The summed E-state index contributed by atoms with van der Waals surface area (Å²) < 4.78 is 5.69. The van der Waals surface area contributed by atoms with Crippen LogP contribution in [-0.4, -0.2) is 24.7 Å². The van der Waals surface area contributed by atoms with E-state index >= 15 is 0 Å². The molecule has 0 saturated carbocycles. The number of thioether (sulfide) groups is 1. The molecule has 0 aliphatic carbocycles. The first-order valence-electron chi connectivity index (χ1n) is 7.12. The number of para-hydroxylation sites is 1. The van der Waals surface area contributed by atoms with Gasteiger partial charge in [0.05, 0.1) is 5.69 Å². The number of carbonyl (C=O) groups excluding carboxylic acids is 2. The number of rotatable bonds is 6. The Balaban J connectivity index is 1.80. The quantitative estimate of drug-likeness (QED) is 0.440. The van der Waals surface area contributed by atoms with Gasteiger partial charge in [0.25, 0.3) is 5.91 Å². The highest BCUT2D eigenvalue weighted by Crippen LogP contribution is 2.21. The molecule has 0 spiro atoms. The third-order valence-electron chi connectivity index (χ3n) is 3.02. The first kappa shape index (κ1) is 18.3. The van der Waals surface area contributed by atoms with Crippen LogP contribution in [0.1, 0.15) is 5.56 Å². The maximum Gasteiger partial charge on any atom is 0.331 e. The Hall–Kier alpha value is -2.05. The van der Waals surface area contributed by atoms with Crippen LogP contribution in [0.15, 0.2) is 64.0 Å². The molecular formula is C18H16BrNO3S. The molecule has 0 bridgehead atoms. The summed E-state index contributed by atoms with van der Waals surface area (Å²) in [5, 5.41) is 2.66. The first-order valence-corrected chi connectivity index (χ1v) is 9.13. The van der Waals surface area contributed by atoms with E-state index in [9.17, 15) is 9.59 Å². The average molecular weight is 406 g/mol. The second-order valence-corrected chi connectivity index (χ2v) is 6.48. The van der Waals surface area contributed by atoms with E-state index in [1.807, 2.05) is 42.7 Å². The van der Waals surface area contributed by atoms with Crippen molar-refractivity contribution in [2.24, 2.45) is 0 Å². The number of nitrogens with one attached hydrogen (secondary N) is 1. The summed E-state index contributed by atoms with van der Waals surface area (Å²) in [5.74, 6) is -0.959. The van der Waals surface area contributed by atoms with E-state index in [-0.39, 0.29) is 6.61 Å². The predicted molar refractivity (Wildman–Crippen MR) is 101 cm³/mol. The monoisotopic (exact) mass is 405 g/mol. The Morgan fingerprint density at radius 3 is 2.54 bits per heavy atom. The van der Waals surface area contributed by atoms with Gasteiger partial charge >= 0.3 is 5.97 Å². The SMILES string of the molecule is CSc1ccc(/C=C/C(=O)OCC(=O)Nc2ccccc2Br)cc1. The molecule has 2 aromatic carbocycles. The van der Waals surface area contributed by atoms with Gasteiger partial charge in [-0.15, -0.1) is 11.8 Å². The minimum absolute atomic E-state index is 0.337. The molecule has 0 saturated heterocycles. The van der Waals surface area contributed by atoms with Crippen LogP contribution in [0.5, 0.6) is 0 Å². The topological polar surface area (TPSA) is 55.4 Å². The normalized spacial score (nSPS) is 10.6. The highest BCUT2D eigenvalue weighted by molar-refractivity contribution is 9.10. The maximum absolute atomic E-state index is 11.8. The summed E-state index contributed by atoms with van der Waals surface area (Å²) in [7, 11) is 0. The molecule has 2 aromatic rings. The molecule has 0 aromatic heterocycles. The summed E-state index contributed by atoms with van der Waals surface area (Å²) in [6.07, 6.45) is 4.96. The minimum atomic E-state index is -0.564. The smallest absolute Gasteiger partial charge is 0.331 e. The van der Waals surface area contributed by atoms with Gasteiger partial charge in [0.1, 0.15) is 0 Å². The Morgan fingerprint density at radius 2 is 1.88 bits per heavy atom. The molecule has 1 N–H and O–H groups in total. The highest BCUT2D eigenvalue weighted by Gasteiger charge is 2.07. The van der Waals surface area contributed by atoms with Crippen molar-refractivity contribution in [3.8, 4) is 0 Å². The average Bonchev–Trinajstić information content (AvgIpc) is 2.60. The molecule has 6 heteroatoms. The van der Waals surface area contributed by atoms with E-state index in [0.29, 0.717) is 5.69 Å². The number of hydrogen-bond acceptors (Lipinski definition) is 4. The Kier molecular flexibility index (Phi) is 7.08. The number of halogens is 1. The Morgan fingerprint density at radius 1 is 1.17 bits per heavy atom. The Labute approximate surface area is 153 Å². The van der Waals surface area contributed by atoms with Gasteiger partial charge in [-0.25, -0.2) is 4.79 Å². The minimum Gasteiger partial charge on any atom is -0.452 e. The second-order valence-electron chi connectivity index (χ2n) is 4.74. The van der Waals surface area contributed by atoms with Crippen LogP contribution in [0.4, 0.5) is 5.69 Å². The van der Waals surface area contributed by atoms with E-state index in [2.05, 4.69) is 21.2 Å².